The Morgan fingerprint density at radius 1 is 1.40 bits per heavy atom. The minimum Gasteiger partial charge on any atom is -0.432 e. The number of para-hydroxylation sites is 1. The van der Waals surface area contributed by atoms with Crippen LogP contribution in [0.4, 0.5) is 11.6 Å². The van der Waals surface area contributed by atoms with Gasteiger partial charge < -0.3 is 10.1 Å². The first-order valence-electron chi connectivity index (χ1n) is 6.10. The molecule has 0 spiro atoms. The maximum atomic E-state index is 11.1. The number of hydrogen-bond donors (Lipinski definition) is 1. The monoisotopic (exact) mass is 274 g/mol. The van der Waals surface area contributed by atoms with Crippen molar-refractivity contribution in [3.8, 4) is 11.6 Å². The molecule has 0 amide bonds. The van der Waals surface area contributed by atoms with Crippen LogP contribution in [0.2, 0.25) is 0 Å². The average Bonchev–Trinajstić information content (AvgIpc) is 2.39. The fourth-order valence-electron chi connectivity index (χ4n) is 1.70. The Kier molecular flexibility index (Phi) is 4.09. The van der Waals surface area contributed by atoms with Gasteiger partial charge in [-0.05, 0) is 19.9 Å². The minimum absolute atomic E-state index is 0.0592. The quantitative estimate of drug-likeness (QED) is 0.666. The highest BCUT2D eigenvalue weighted by molar-refractivity contribution is 5.53. The molecule has 0 radical (unpaired) electrons. The number of nitrogens with one attached hydrogen (secondary N) is 1. The summed E-state index contributed by atoms with van der Waals surface area (Å²) >= 11 is 0. The van der Waals surface area contributed by atoms with Crippen LogP contribution in [0, 0.1) is 17.0 Å². The average molecular weight is 274 g/mol. The highest BCUT2D eigenvalue weighted by atomic mass is 16.6. The van der Waals surface area contributed by atoms with Gasteiger partial charge in [-0.25, -0.2) is 4.98 Å². The largest absolute Gasteiger partial charge is 0.432 e. The van der Waals surface area contributed by atoms with Gasteiger partial charge in [0.1, 0.15) is 0 Å². The first-order chi connectivity index (χ1) is 9.61. The maximum absolute atomic E-state index is 11.1. The van der Waals surface area contributed by atoms with Crippen molar-refractivity contribution < 1.29 is 9.66 Å². The molecule has 7 heteroatoms. The Morgan fingerprint density at radius 2 is 2.20 bits per heavy atom. The second-order valence-corrected chi connectivity index (χ2v) is 4.03. The molecule has 0 fully saturated rings. The number of rotatable bonds is 5. The summed E-state index contributed by atoms with van der Waals surface area (Å²) in [5.74, 6) is 0.834. The van der Waals surface area contributed by atoms with E-state index in [2.05, 4.69) is 15.3 Å². The summed E-state index contributed by atoms with van der Waals surface area (Å²) in [4.78, 5) is 18.8. The zero-order valence-corrected chi connectivity index (χ0v) is 11.2. The standard InChI is InChI=1S/C13H14N4O3/c1-3-14-13-15-8-7-11(16-13)20-10-6-4-5-9(2)12(10)17(18)19/h4-8H,3H2,1-2H3,(H,14,15,16). The molecule has 0 atom stereocenters. The molecule has 0 aliphatic heterocycles. The zero-order valence-electron chi connectivity index (χ0n) is 11.2. The van der Waals surface area contributed by atoms with Crippen LogP contribution in [0.15, 0.2) is 30.5 Å². The van der Waals surface area contributed by atoms with Gasteiger partial charge in [0.15, 0.2) is 0 Å². The summed E-state index contributed by atoms with van der Waals surface area (Å²) in [5.41, 5.74) is 0.476. The molecule has 2 rings (SSSR count). The van der Waals surface area contributed by atoms with Crippen LogP contribution in [0.5, 0.6) is 11.6 Å². The predicted molar refractivity (Wildman–Crippen MR) is 74.1 cm³/mol. The van der Waals surface area contributed by atoms with Crippen molar-refractivity contribution in [3.05, 3.63) is 46.1 Å². The Balaban J connectivity index is 2.32. The number of hydrogen-bond acceptors (Lipinski definition) is 6. The Morgan fingerprint density at radius 3 is 2.90 bits per heavy atom. The highest BCUT2D eigenvalue weighted by Gasteiger charge is 2.19. The van der Waals surface area contributed by atoms with E-state index >= 15 is 0 Å². The summed E-state index contributed by atoms with van der Waals surface area (Å²) in [6, 6.07) is 6.45. The van der Waals surface area contributed by atoms with Gasteiger partial charge >= 0.3 is 5.69 Å². The van der Waals surface area contributed by atoms with Crippen LogP contribution in [0.3, 0.4) is 0 Å². The lowest BCUT2D eigenvalue weighted by atomic mass is 10.2. The Labute approximate surface area is 115 Å². The molecule has 0 saturated carbocycles. The van der Waals surface area contributed by atoms with Gasteiger partial charge in [-0.2, -0.15) is 4.98 Å². The van der Waals surface area contributed by atoms with E-state index in [4.69, 9.17) is 4.74 Å². The number of benzene rings is 1. The SMILES string of the molecule is CCNc1nccc(Oc2cccc(C)c2[N+](=O)[O-])n1. The topological polar surface area (TPSA) is 90.2 Å². The lowest BCUT2D eigenvalue weighted by Gasteiger charge is -2.08. The normalized spacial score (nSPS) is 10.1. The lowest BCUT2D eigenvalue weighted by molar-refractivity contribution is -0.386. The van der Waals surface area contributed by atoms with E-state index in [0.29, 0.717) is 18.1 Å². The lowest BCUT2D eigenvalue weighted by Crippen LogP contribution is -2.03. The van der Waals surface area contributed by atoms with E-state index < -0.39 is 4.92 Å². The number of nitro benzene ring substituents is 1. The van der Waals surface area contributed by atoms with Crippen molar-refractivity contribution in [1.29, 1.82) is 0 Å². The highest BCUT2D eigenvalue weighted by Crippen LogP contribution is 2.33. The van der Waals surface area contributed by atoms with Gasteiger partial charge in [-0.1, -0.05) is 12.1 Å². The third kappa shape index (κ3) is 3.00. The fraction of sp³-hybridized carbons (Fsp3) is 0.231. The van der Waals surface area contributed by atoms with E-state index in [1.165, 1.54) is 6.20 Å². The van der Waals surface area contributed by atoms with Crippen LogP contribution in [0.1, 0.15) is 12.5 Å². The first-order valence-corrected chi connectivity index (χ1v) is 6.10. The Bertz CT molecular complexity index is 631. The molecule has 0 aliphatic carbocycles. The van der Waals surface area contributed by atoms with E-state index in [0.717, 1.165) is 0 Å². The third-order valence-electron chi connectivity index (χ3n) is 2.56. The summed E-state index contributed by atoms with van der Waals surface area (Å²) in [6.45, 7) is 4.26. The van der Waals surface area contributed by atoms with Crippen molar-refractivity contribution in [3.63, 3.8) is 0 Å². The van der Waals surface area contributed by atoms with Gasteiger partial charge in [0.2, 0.25) is 17.6 Å². The number of anilines is 1. The maximum Gasteiger partial charge on any atom is 0.314 e. The van der Waals surface area contributed by atoms with Gasteiger partial charge in [0.05, 0.1) is 4.92 Å². The summed E-state index contributed by atoms with van der Waals surface area (Å²) in [6.07, 6.45) is 1.53. The van der Waals surface area contributed by atoms with Gasteiger partial charge in [0, 0.05) is 24.4 Å². The number of aryl methyl sites for hydroxylation is 1. The zero-order chi connectivity index (χ0) is 14.5. The van der Waals surface area contributed by atoms with Crippen LogP contribution in [-0.4, -0.2) is 21.4 Å². The number of aromatic nitrogens is 2. The second-order valence-electron chi connectivity index (χ2n) is 4.03. The van der Waals surface area contributed by atoms with Crippen molar-refractivity contribution in [2.75, 3.05) is 11.9 Å². The van der Waals surface area contributed by atoms with Crippen LogP contribution >= 0.6 is 0 Å². The Hall–Kier alpha value is -2.70. The summed E-state index contributed by atoms with van der Waals surface area (Å²) in [5, 5.41) is 14.0. The van der Waals surface area contributed by atoms with Crippen molar-refractivity contribution in [2.45, 2.75) is 13.8 Å². The second kappa shape index (κ2) is 5.96. The van der Waals surface area contributed by atoms with Crippen LogP contribution < -0.4 is 10.1 Å². The molecular formula is C13H14N4O3. The van der Waals surface area contributed by atoms with Crippen molar-refractivity contribution in [2.24, 2.45) is 0 Å². The van der Waals surface area contributed by atoms with Gasteiger partial charge in [0.25, 0.3) is 0 Å². The molecule has 1 heterocycles. The molecule has 7 nitrogen and oxygen atoms in total. The van der Waals surface area contributed by atoms with E-state index in [9.17, 15) is 10.1 Å². The number of nitro groups is 1. The van der Waals surface area contributed by atoms with Crippen LogP contribution in [0.25, 0.3) is 0 Å². The van der Waals surface area contributed by atoms with Crippen molar-refractivity contribution in [1.82, 2.24) is 9.97 Å². The minimum atomic E-state index is -0.461. The first kappa shape index (κ1) is 13.7. The molecule has 0 unspecified atom stereocenters. The van der Waals surface area contributed by atoms with E-state index in [-0.39, 0.29) is 17.3 Å². The molecule has 0 bridgehead atoms. The van der Waals surface area contributed by atoms with Gasteiger partial charge in [-0.3, -0.25) is 10.1 Å². The number of ether oxygens (including phenoxy) is 1. The van der Waals surface area contributed by atoms with E-state index in [1.54, 1.807) is 31.2 Å². The summed E-state index contributed by atoms with van der Waals surface area (Å²) < 4.78 is 5.51. The molecule has 104 valence electrons. The van der Waals surface area contributed by atoms with Gasteiger partial charge in [-0.15, -0.1) is 0 Å². The molecule has 2 aromatic rings. The molecule has 1 N–H and O–H groups in total. The van der Waals surface area contributed by atoms with E-state index in [1.807, 2.05) is 6.92 Å². The summed E-state index contributed by atoms with van der Waals surface area (Å²) in [7, 11) is 0. The van der Waals surface area contributed by atoms with Crippen molar-refractivity contribution >= 4 is 11.6 Å². The molecule has 0 saturated heterocycles. The molecule has 0 aliphatic rings. The van der Waals surface area contributed by atoms with Crippen LogP contribution in [-0.2, 0) is 0 Å². The predicted octanol–water partition coefficient (Wildman–Crippen LogP) is 2.92. The molecule has 20 heavy (non-hydrogen) atoms. The third-order valence-corrected chi connectivity index (χ3v) is 2.56. The fourth-order valence-corrected chi connectivity index (χ4v) is 1.70. The molecular weight excluding hydrogens is 260 g/mol. The smallest absolute Gasteiger partial charge is 0.314 e. The molecule has 1 aromatic heterocycles. The number of nitrogens with zero attached hydrogens (tertiary/aromatic N) is 3. The molecule has 1 aromatic carbocycles.